The summed E-state index contributed by atoms with van der Waals surface area (Å²) in [4.78, 5) is 4.81. The van der Waals surface area contributed by atoms with Crippen molar-refractivity contribution in [3.05, 3.63) is 119 Å². The molecule has 3 aromatic carbocycles. The van der Waals surface area contributed by atoms with Crippen molar-refractivity contribution in [3.63, 3.8) is 0 Å². The molecule has 0 bridgehead atoms. The third-order valence-corrected chi connectivity index (χ3v) is 10.5. The molecule has 6 aromatic rings. The first-order valence-corrected chi connectivity index (χ1v) is 18.1. The molecule has 3 aromatic heterocycles. The van der Waals surface area contributed by atoms with Gasteiger partial charge >= 0.3 is 0 Å². The van der Waals surface area contributed by atoms with Crippen LogP contribution in [-0.2, 0) is 6.42 Å². The highest BCUT2D eigenvalue weighted by Crippen LogP contribution is 2.45. The standard InChI is InChI=1S/C44H50N4O/c1-10-32-17-18-45-41(21-32)47-39-14-12-11-13-37(39)38-16-15-35(25-40(38)47)49-36-23-33(26(2)3)22-34(24-36)48-44(27(4)5)43(31(9)46-48)42-29(7)19-28(6)20-30(42)8/h11-19,21-28,30,42H,10,20H2,1-9H3/t28-,30-,42?/m0/s1. The van der Waals surface area contributed by atoms with Crippen molar-refractivity contribution in [2.45, 2.75) is 92.9 Å². The summed E-state index contributed by atoms with van der Waals surface area (Å²) in [5.41, 5.74) is 11.1. The summed E-state index contributed by atoms with van der Waals surface area (Å²) in [6, 6.07) is 25.9. The van der Waals surface area contributed by atoms with Crippen LogP contribution in [0, 0.1) is 18.8 Å². The quantitative estimate of drug-likeness (QED) is 0.154. The minimum Gasteiger partial charge on any atom is -0.457 e. The van der Waals surface area contributed by atoms with E-state index in [0.717, 1.165) is 46.2 Å². The zero-order valence-corrected chi connectivity index (χ0v) is 30.6. The maximum absolute atomic E-state index is 6.79. The fourth-order valence-corrected chi connectivity index (χ4v) is 8.32. The second-order valence-electron chi connectivity index (χ2n) is 15.0. The van der Waals surface area contributed by atoms with Crippen molar-refractivity contribution in [1.29, 1.82) is 0 Å². The molecule has 5 heteroatoms. The SMILES string of the molecule is CCc1ccnc(-n2c3ccccc3c3ccc(Oc4cc(C(C)C)cc(-n5nc(C)c(C6C(C)=C[C@H](C)C[C@@H]6C)c5C(C)C)c4)cc32)c1. The van der Waals surface area contributed by atoms with Crippen LogP contribution in [0.1, 0.15) is 108 Å². The Bertz CT molecular complexity index is 2200. The Labute approximate surface area is 291 Å². The molecular formula is C44H50N4O. The molecule has 3 atom stereocenters. The molecule has 252 valence electrons. The van der Waals surface area contributed by atoms with Gasteiger partial charge in [0.2, 0.25) is 0 Å². The van der Waals surface area contributed by atoms with Crippen molar-refractivity contribution >= 4 is 21.8 Å². The van der Waals surface area contributed by atoms with Crippen molar-refractivity contribution in [2.24, 2.45) is 11.8 Å². The van der Waals surface area contributed by atoms with Crippen LogP contribution in [0.5, 0.6) is 11.5 Å². The molecule has 1 aliphatic rings. The molecule has 0 saturated heterocycles. The lowest BCUT2D eigenvalue weighted by Gasteiger charge is -2.33. The predicted octanol–water partition coefficient (Wildman–Crippen LogP) is 12.0. The van der Waals surface area contributed by atoms with Gasteiger partial charge < -0.3 is 4.74 Å². The summed E-state index contributed by atoms with van der Waals surface area (Å²) in [6.07, 6.45) is 6.55. The smallest absolute Gasteiger partial charge is 0.137 e. The number of hydrogen-bond donors (Lipinski definition) is 0. The van der Waals surface area contributed by atoms with Crippen LogP contribution in [0.25, 0.3) is 33.3 Å². The largest absolute Gasteiger partial charge is 0.457 e. The number of aryl methyl sites for hydroxylation is 2. The van der Waals surface area contributed by atoms with Gasteiger partial charge in [0.25, 0.3) is 0 Å². The van der Waals surface area contributed by atoms with E-state index >= 15 is 0 Å². The maximum Gasteiger partial charge on any atom is 0.137 e. The number of hydrogen-bond acceptors (Lipinski definition) is 3. The number of nitrogens with zero attached hydrogens (tertiary/aromatic N) is 4. The maximum atomic E-state index is 6.79. The Kier molecular flexibility index (Phi) is 8.73. The Morgan fingerprint density at radius 2 is 1.61 bits per heavy atom. The Hall–Kier alpha value is -4.64. The number of fused-ring (bicyclic) bond motifs is 3. The minimum atomic E-state index is 0.312. The van der Waals surface area contributed by atoms with Crippen molar-refractivity contribution in [1.82, 2.24) is 19.3 Å². The Morgan fingerprint density at radius 3 is 2.35 bits per heavy atom. The lowest BCUT2D eigenvalue weighted by atomic mass is 9.71. The number of rotatable bonds is 8. The van der Waals surface area contributed by atoms with E-state index < -0.39 is 0 Å². The number of ether oxygens (including phenoxy) is 1. The summed E-state index contributed by atoms with van der Waals surface area (Å²) < 4.78 is 11.3. The first kappa shape index (κ1) is 32.9. The van der Waals surface area contributed by atoms with Crippen LogP contribution in [0.4, 0.5) is 0 Å². The van der Waals surface area contributed by atoms with Gasteiger partial charge in [-0.3, -0.25) is 4.57 Å². The Balaban J connectivity index is 1.34. The fourth-order valence-electron chi connectivity index (χ4n) is 8.32. The van der Waals surface area contributed by atoms with Crippen LogP contribution in [0.2, 0.25) is 0 Å². The van der Waals surface area contributed by atoms with E-state index in [9.17, 15) is 0 Å². The third kappa shape index (κ3) is 5.98. The number of allylic oxidation sites excluding steroid dienone is 2. The van der Waals surface area contributed by atoms with E-state index in [-0.39, 0.29) is 0 Å². The van der Waals surface area contributed by atoms with Gasteiger partial charge in [0.15, 0.2) is 0 Å². The van der Waals surface area contributed by atoms with Gasteiger partial charge in [-0.1, -0.05) is 78.3 Å². The molecule has 0 saturated carbocycles. The molecule has 3 heterocycles. The third-order valence-electron chi connectivity index (χ3n) is 10.5. The summed E-state index contributed by atoms with van der Waals surface area (Å²) in [7, 11) is 0. The topological polar surface area (TPSA) is 44.9 Å². The molecule has 1 aliphatic carbocycles. The van der Waals surface area contributed by atoms with Crippen molar-refractivity contribution < 1.29 is 4.74 Å². The highest BCUT2D eigenvalue weighted by atomic mass is 16.5. The van der Waals surface area contributed by atoms with Crippen LogP contribution in [-0.4, -0.2) is 19.3 Å². The molecule has 0 aliphatic heterocycles. The molecule has 0 amide bonds. The van der Waals surface area contributed by atoms with Gasteiger partial charge in [-0.25, -0.2) is 9.67 Å². The van der Waals surface area contributed by atoms with E-state index in [1.807, 2.05) is 6.20 Å². The first-order chi connectivity index (χ1) is 23.5. The summed E-state index contributed by atoms with van der Waals surface area (Å²) in [5, 5.41) is 7.65. The molecule has 7 rings (SSSR count). The van der Waals surface area contributed by atoms with Gasteiger partial charge in [-0.15, -0.1) is 0 Å². The normalized spacial score (nSPS) is 18.2. The zero-order chi connectivity index (χ0) is 34.6. The number of benzene rings is 3. The van der Waals surface area contributed by atoms with Gasteiger partial charge in [0, 0.05) is 40.6 Å². The molecule has 0 fully saturated rings. The van der Waals surface area contributed by atoms with Crippen LogP contribution < -0.4 is 4.74 Å². The molecule has 1 unspecified atom stereocenters. The fraction of sp³-hybridized carbons (Fsp3) is 0.364. The summed E-state index contributed by atoms with van der Waals surface area (Å²) >= 11 is 0. The van der Waals surface area contributed by atoms with Crippen LogP contribution >= 0.6 is 0 Å². The summed E-state index contributed by atoms with van der Waals surface area (Å²) in [6.45, 7) is 20.5. The first-order valence-electron chi connectivity index (χ1n) is 18.1. The predicted molar refractivity (Wildman–Crippen MR) is 204 cm³/mol. The van der Waals surface area contributed by atoms with E-state index in [0.29, 0.717) is 29.6 Å². The molecule has 0 radical (unpaired) electrons. The van der Waals surface area contributed by atoms with Gasteiger partial charge in [-0.05, 0) is 104 Å². The van der Waals surface area contributed by atoms with Crippen molar-refractivity contribution in [3.8, 4) is 23.0 Å². The lowest BCUT2D eigenvalue weighted by molar-refractivity contribution is 0.389. The van der Waals surface area contributed by atoms with Crippen molar-refractivity contribution in [2.75, 3.05) is 0 Å². The molecular weight excluding hydrogens is 601 g/mol. The zero-order valence-electron chi connectivity index (χ0n) is 30.6. The lowest BCUT2D eigenvalue weighted by Crippen LogP contribution is -2.21. The highest BCUT2D eigenvalue weighted by Gasteiger charge is 2.33. The second-order valence-corrected chi connectivity index (χ2v) is 15.0. The van der Waals surface area contributed by atoms with Gasteiger partial charge in [0.05, 0.1) is 28.1 Å². The van der Waals surface area contributed by atoms with E-state index in [1.165, 1.54) is 45.2 Å². The molecule has 49 heavy (non-hydrogen) atoms. The second kappa shape index (κ2) is 13.0. The minimum absolute atomic E-state index is 0.312. The average Bonchev–Trinajstić information content (AvgIpc) is 3.58. The number of pyridine rings is 1. The molecule has 0 N–H and O–H groups in total. The number of para-hydroxylation sites is 1. The number of aromatic nitrogens is 4. The molecule has 5 nitrogen and oxygen atoms in total. The van der Waals surface area contributed by atoms with E-state index in [4.69, 9.17) is 14.8 Å². The van der Waals surface area contributed by atoms with Crippen LogP contribution in [0.3, 0.4) is 0 Å². The van der Waals surface area contributed by atoms with Gasteiger partial charge in [0.1, 0.15) is 17.3 Å². The van der Waals surface area contributed by atoms with Crippen LogP contribution in [0.15, 0.2) is 90.6 Å². The average molecular weight is 651 g/mol. The Morgan fingerprint density at radius 1 is 0.837 bits per heavy atom. The van der Waals surface area contributed by atoms with E-state index in [1.54, 1.807) is 0 Å². The van der Waals surface area contributed by atoms with E-state index in [2.05, 4.69) is 150 Å². The highest BCUT2D eigenvalue weighted by molar-refractivity contribution is 6.09. The van der Waals surface area contributed by atoms with Gasteiger partial charge in [-0.2, -0.15) is 5.10 Å². The summed E-state index contributed by atoms with van der Waals surface area (Å²) in [5.74, 6) is 4.74. The molecule has 0 spiro atoms. The monoisotopic (exact) mass is 650 g/mol.